The summed E-state index contributed by atoms with van der Waals surface area (Å²) in [5, 5.41) is 9.38. The Bertz CT molecular complexity index is 535. The van der Waals surface area contributed by atoms with E-state index in [0.717, 1.165) is 4.90 Å². The van der Waals surface area contributed by atoms with E-state index in [4.69, 9.17) is 11.1 Å². The Morgan fingerprint density at radius 1 is 1.43 bits per heavy atom. The fourth-order valence-corrected chi connectivity index (χ4v) is 1.45. The molecule has 0 heterocycles. The number of nitrogens with zero attached hydrogens (tertiary/aromatic N) is 1. The van der Waals surface area contributed by atoms with Crippen molar-refractivity contribution in [3.63, 3.8) is 0 Å². The van der Waals surface area contributed by atoms with E-state index in [1.807, 2.05) is 5.32 Å². The average molecular weight is 329 g/mol. The van der Waals surface area contributed by atoms with E-state index >= 15 is 0 Å². The molecule has 0 aliphatic rings. The van der Waals surface area contributed by atoms with Crippen molar-refractivity contribution in [2.75, 3.05) is 7.05 Å². The zero-order valence-electron chi connectivity index (χ0n) is 10.8. The summed E-state index contributed by atoms with van der Waals surface area (Å²) in [6.07, 6.45) is -4.79. The molecule has 0 fully saturated rings. The van der Waals surface area contributed by atoms with Crippen LogP contribution in [0.15, 0.2) is 18.2 Å². The summed E-state index contributed by atoms with van der Waals surface area (Å²) in [5.74, 6) is -1.75. The number of nitrogens with two attached hydrogens (primary N) is 1. The Morgan fingerprint density at radius 2 is 2.00 bits per heavy atom. The number of guanidine groups is 1. The van der Waals surface area contributed by atoms with Crippen LogP contribution >= 0.6 is 12.4 Å². The van der Waals surface area contributed by atoms with Gasteiger partial charge < -0.3 is 10.6 Å². The Kier molecular flexibility index (Phi) is 6.43. The second-order valence-electron chi connectivity index (χ2n) is 4.01. The van der Waals surface area contributed by atoms with E-state index in [1.165, 1.54) is 13.1 Å². The van der Waals surface area contributed by atoms with Gasteiger partial charge in [-0.2, -0.15) is 13.2 Å². The minimum absolute atomic E-state index is 0. The zero-order chi connectivity index (χ0) is 15.5. The van der Waals surface area contributed by atoms with E-state index in [9.17, 15) is 22.4 Å². The highest BCUT2D eigenvalue weighted by Gasteiger charge is 2.34. The van der Waals surface area contributed by atoms with Gasteiger partial charge in [-0.1, -0.05) is 6.07 Å². The maximum Gasteiger partial charge on any atom is 0.419 e. The highest BCUT2D eigenvalue weighted by atomic mass is 35.5. The van der Waals surface area contributed by atoms with Gasteiger partial charge in [0.2, 0.25) is 0 Å². The lowest BCUT2D eigenvalue weighted by atomic mass is 10.1. The van der Waals surface area contributed by atoms with Crippen molar-refractivity contribution in [1.29, 1.82) is 5.41 Å². The number of primary amides is 1. The van der Waals surface area contributed by atoms with Gasteiger partial charge in [0.05, 0.1) is 5.56 Å². The van der Waals surface area contributed by atoms with Gasteiger partial charge in [0.15, 0.2) is 5.96 Å². The molecule has 0 aliphatic carbocycles. The fourth-order valence-electron chi connectivity index (χ4n) is 1.45. The lowest BCUT2D eigenvalue weighted by Gasteiger charge is -2.20. The Morgan fingerprint density at radius 3 is 2.48 bits per heavy atom. The minimum atomic E-state index is -4.79. The number of nitrogens with one attached hydrogen (secondary N) is 2. The van der Waals surface area contributed by atoms with Gasteiger partial charge in [-0.05, 0) is 17.7 Å². The molecule has 0 radical (unpaired) electrons. The number of benzene rings is 1. The smallest absolute Gasteiger partial charge is 0.351 e. The van der Waals surface area contributed by atoms with Crippen molar-refractivity contribution in [2.24, 2.45) is 5.73 Å². The standard InChI is InChI=1S/C11H12F4N4O.ClH/c1-19(9(16)18-10(17)20)5-6-2-3-8(12)7(4-6)11(13,14)15;/h2-4H,5H2,1H3,(H4,16,17,18,20);1H. The predicted octanol–water partition coefficient (Wildman–Crippen LogP) is 2.30. The molecule has 1 aromatic carbocycles. The topological polar surface area (TPSA) is 82.2 Å². The molecule has 4 N–H and O–H groups in total. The van der Waals surface area contributed by atoms with E-state index in [2.05, 4.69) is 0 Å². The number of urea groups is 1. The number of hydrogen-bond donors (Lipinski definition) is 3. The molecule has 1 rings (SSSR count). The first-order valence-corrected chi connectivity index (χ1v) is 5.33. The van der Waals surface area contributed by atoms with Crippen LogP contribution in [0.25, 0.3) is 0 Å². The molecule has 2 amide bonds. The highest BCUT2D eigenvalue weighted by Crippen LogP contribution is 2.32. The lowest BCUT2D eigenvalue weighted by Crippen LogP contribution is -2.43. The Balaban J connectivity index is 0.00000400. The van der Waals surface area contributed by atoms with Crippen LogP contribution in [0.5, 0.6) is 0 Å². The quantitative estimate of drug-likeness (QED) is 0.442. The molecular formula is C11H13ClF4N4O. The third-order valence-electron chi connectivity index (χ3n) is 2.38. The summed E-state index contributed by atoms with van der Waals surface area (Å²) in [7, 11) is 1.37. The molecule has 5 nitrogen and oxygen atoms in total. The Hall–Kier alpha value is -2.03. The normalized spacial score (nSPS) is 10.5. The summed E-state index contributed by atoms with van der Waals surface area (Å²) in [4.78, 5) is 11.7. The van der Waals surface area contributed by atoms with E-state index in [1.54, 1.807) is 0 Å². The molecule has 10 heteroatoms. The van der Waals surface area contributed by atoms with Crippen molar-refractivity contribution >= 4 is 24.4 Å². The van der Waals surface area contributed by atoms with Crippen LogP contribution in [0.4, 0.5) is 22.4 Å². The number of alkyl halides is 3. The fraction of sp³-hybridized carbons (Fsp3) is 0.273. The van der Waals surface area contributed by atoms with Crippen LogP contribution in [0.3, 0.4) is 0 Å². The maximum absolute atomic E-state index is 13.1. The number of halogens is 5. The zero-order valence-corrected chi connectivity index (χ0v) is 11.6. The van der Waals surface area contributed by atoms with Crippen LogP contribution in [0.1, 0.15) is 11.1 Å². The first-order chi connectivity index (χ1) is 9.11. The van der Waals surface area contributed by atoms with Crippen molar-refractivity contribution in [2.45, 2.75) is 12.7 Å². The van der Waals surface area contributed by atoms with Crippen LogP contribution in [-0.4, -0.2) is 23.9 Å². The third-order valence-corrected chi connectivity index (χ3v) is 2.38. The minimum Gasteiger partial charge on any atom is -0.351 e. The van der Waals surface area contributed by atoms with Gasteiger partial charge in [-0.15, -0.1) is 12.4 Å². The van der Waals surface area contributed by atoms with Crippen molar-refractivity contribution in [3.8, 4) is 0 Å². The lowest BCUT2D eigenvalue weighted by molar-refractivity contribution is -0.140. The molecule has 0 aromatic heterocycles. The van der Waals surface area contributed by atoms with Gasteiger partial charge >= 0.3 is 12.2 Å². The second kappa shape index (κ2) is 7.11. The van der Waals surface area contributed by atoms with E-state index < -0.39 is 23.6 Å². The molecule has 0 saturated heterocycles. The molecule has 0 atom stereocenters. The van der Waals surface area contributed by atoms with Crippen molar-refractivity contribution in [1.82, 2.24) is 10.2 Å². The molecule has 21 heavy (non-hydrogen) atoms. The summed E-state index contributed by atoms with van der Waals surface area (Å²) >= 11 is 0. The summed E-state index contributed by atoms with van der Waals surface area (Å²) in [6.45, 7) is -0.123. The molecule has 0 spiro atoms. The SMILES string of the molecule is CN(Cc1ccc(F)c(C(F)(F)F)c1)C(=N)NC(N)=O.Cl. The van der Waals surface area contributed by atoms with Crippen molar-refractivity contribution in [3.05, 3.63) is 35.1 Å². The van der Waals surface area contributed by atoms with Gasteiger partial charge in [-0.3, -0.25) is 10.7 Å². The molecule has 0 unspecified atom stereocenters. The summed E-state index contributed by atoms with van der Waals surface area (Å²) in [5.41, 5.74) is 3.57. The largest absolute Gasteiger partial charge is 0.419 e. The van der Waals surface area contributed by atoms with Gasteiger partial charge in [0.25, 0.3) is 0 Å². The average Bonchev–Trinajstić information content (AvgIpc) is 2.29. The predicted molar refractivity (Wildman–Crippen MR) is 70.6 cm³/mol. The first kappa shape index (κ1) is 19.0. The van der Waals surface area contributed by atoms with E-state index in [-0.39, 0.29) is 30.5 Å². The number of carbonyl (C=O) groups excluding carboxylic acids is 1. The molecule has 0 aliphatic heterocycles. The van der Waals surface area contributed by atoms with Gasteiger partial charge in [-0.25, -0.2) is 9.18 Å². The number of carbonyl (C=O) groups is 1. The van der Waals surface area contributed by atoms with Crippen LogP contribution in [-0.2, 0) is 12.7 Å². The number of hydrogen-bond acceptors (Lipinski definition) is 2. The van der Waals surface area contributed by atoms with Gasteiger partial charge in [0.1, 0.15) is 5.82 Å². The molecule has 0 saturated carbocycles. The highest BCUT2D eigenvalue weighted by molar-refractivity contribution is 5.93. The molecule has 1 aromatic rings. The molecule has 0 bridgehead atoms. The monoisotopic (exact) mass is 328 g/mol. The van der Waals surface area contributed by atoms with Crippen LogP contribution < -0.4 is 11.1 Å². The van der Waals surface area contributed by atoms with Crippen molar-refractivity contribution < 1.29 is 22.4 Å². The third kappa shape index (κ3) is 5.46. The molecular weight excluding hydrogens is 316 g/mol. The Labute approximate surface area is 124 Å². The van der Waals surface area contributed by atoms with Gasteiger partial charge in [0, 0.05) is 13.6 Å². The van der Waals surface area contributed by atoms with Crippen LogP contribution in [0.2, 0.25) is 0 Å². The second-order valence-corrected chi connectivity index (χ2v) is 4.01. The van der Waals surface area contributed by atoms with E-state index in [0.29, 0.717) is 12.1 Å². The summed E-state index contributed by atoms with van der Waals surface area (Å²) in [6, 6.07) is 1.57. The number of rotatable bonds is 2. The molecule has 118 valence electrons. The maximum atomic E-state index is 13.1. The van der Waals surface area contributed by atoms with Crippen LogP contribution in [0, 0.1) is 11.2 Å². The summed E-state index contributed by atoms with van der Waals surface area (Å²) < 4.78 is 50.7. The number of amides is 2. The first-order valence-electron chi connectivity index (χ1n) is 5.33.